The summed E-state index contributed by atoms with van der Waals surface area (Å²) in [4.78, 5) is 3.14. The fourth-order valence-electron chi connectivity index (χ4n) is 2.00. The molecule has 1 aromatic heterocycles. The molecular weight excluding hydrogens is 203 g/mol. The summed E-state index contributed by atoms with van der Waals surface area (Å²) >= 11 is 0. The molecule has 0 spiro atoms. The van der Waals surface area contributed by atoms with Gasteiger partial charge >= 0.3 is 0 Å². The Morgan fingerprint density at radius 3 is 2.75 bits per heavy atom. The topological polar surface area (TPSA) is 39.6 Å². The average molecular weight is 210 g/mol. The summed E-state index contributed by atoms with van der Waals surface area (Å²) in [7, 11) is 0. The lowest BCUT2D eigenvalue weighted by molar-refractivity contribution is 0.629. The van der Waals surface area contributed by atoms with Gasteiger partial charge in [-0.15, -0.1) is 0 Å². The fourth-order valence-corrected chi connectivity index (χ4v) is 2.00. The zero-order valence-corrected chi connectivity index (χ0v) is 8.29. The van der Waals surface area contributed by atoms with Crippen LogP contribution in [0.3, 0.4) is 0 Å². The van der Waals surface area contributed by atoms with Crippen LogP contribution in [0.25, 0.3) is 21.8 Å². The standard InChI is InChI=1S/C13H7FN2/c14-9-5-8(7-15)13-11(6-9)10-3-1-2-4-12(10)16-13/h1-6,16H. The maximum absolute atomic E-state index is 13.3. The van der Waals surface area contributed by atoms with Crippen LogP contribution >= 0.6 is 0 Å². The number of para-hydroxylation sites is 1. The minimum Gasteiger partial charge on any atom is -0.353 e. The molecule has 0 saturated carbocycles. The van der Waals surface area contributed by atoms with E-state index in [1.807, 2.05) is 30.3 Å². The van der Waals surface area contributed by atoms with Crippen molar-refractivity contribution < 1.29 is 4.39 Å². The molecular formula is C13H7FN2. The molecule has 0 aliphatic rings. The Hall–Kier alpha value is -2.34. The summed E-state index contributed by atoms with van der Waals surface area (Å²) in [5.74, 6) is -0.381. The van der Waals surface area contributed by atoms with Crippen LogP contribution in [0, 0.1) is 17.1 Å². The molecule has 0 unspecified atom stereocenters. The van der Waals surface area contributed by atoms with E-state index in [-0.39, 0.29) is 5.82 Å². The molecule has 3 rings (SSSR count). The van der Waals surface area contributed by atoms with E-state index in [1.165, 1.54) is 12.1 Å². The quantitative estimate of drug-likeness (QED) is 0.607. The van der Waals surface area contributed by atoms with Crippen LogP contribution in [0.5, 0.6) is 0 Å². The van der Waals surface area contributed by atoms with Gasteiger partial charge in [-0.2, -0.15) is 5.26 Å². The lowest BCUT2D eigenvalue weighted by atomic mass is 10.1. The zero-order chi connectivity index (χ0) is 11.1. The Balaban J connectivity index is 2.60. The molecule has 0 saturated heterocycles. The van der Waals surface area contributed by atoms with Crippen LogP contribution in [0.15, 0.2) is 36.4 Å². The van der Waals surface area contributed by atoms with Crippen molar-refractivity contribution in [3.05, 3.63) is 47.8 Å². The van der Waals surface area contributed by atoms with Crippen molar-refractivity contribution in [3.8, 4) is 6.07 Å². The van der Waals surface area contributed by atoms with Gasteiger partial charge in [0.05, 0.1) is 11.1 Å². The number of aromatic nitrogens is 1. The van der Waals surface area contributed by atoms with Crippen LogP contribution in [-0.4, -0.2) is 4.98 Å². The number of hydrogen-bond donors (Lipinski definition) is 1. The van der Waals surface area contributed by atoms with Crippen molar-refractivity contribution in [1.82, 2.24) is 4.98 Å². The molecule has 0 radical (unpaired) electrons. The predicted molar refractivity (Wildman–Crippen MR) is 60.5 cm³/mol. The second-order valence-corrected chi connectivity index (χ2v) is 3.66. The van der Waals surface area contributed by atoms with Crippen molar-refractivity contribution in [3.63, 3.8) is 0 Å². The minimum atomic E-state index is -0.381. The van der Waals surface area contributed by atoms with Gasteiger partial charge in [0.1, 0.15) is 11.9 Å². The molecule has 0 fully saturated rings. The van der Waals surface area contributed by atoms with Crippen molar-refractivity contribution in [1.29, 1.82) is 5.26 Å². The summed E-state index contributed by atoms with van der Waals surface area (Å²) < 4.78 is 13.3. The molecule has 0 amide bonds. The second kappa shape index (κ2) is 3.07. The number of H-pyrrole nitrogens is 1. The van der Waals surface area contributed by atoms with Gasteiger partial charge in [-0.3, -0.25) is 0 Å². The largest absolute Gasteiger partial charge is 0.353 e. The summed E-state index contributed by atoms with van der Waals surface area (Å²) in [5, 5.41) is 10.6. The Morgan fingerprint density at radius 1 is 1.12 bits per heavy atom. The molecule has 0 atom stereocenters. The third-order valence-electron chi connectivity index (χ3n) is 2.70. The smallest absolute Gasteiger partial charge is 0.125 e. The van der Waals surface area contributed by atoms with Gasteiger partial charge in [0.2, 0.25) is 0 Å². The molecule has 3 heteroatoms. The predicted octanol–water partition coefficient (Wildman–Crippen LogP) is 3.33. The number of nitrogens with zero attached hydrogens (tertiary/aromatic N) is 1. The molecule has 0 bridgehead atoms. The number of rotatable bonds is 0. The summed E-state index contributed by atoms with van der Waals surface area (Å²) in [5.41, 5.74) is 1.95. The van der Waals surface area contributed by atoms with Crippen molar-refractivity contribution >= 4 is 21.8 Å². The molecule has 1 heterocycles. The van der Waals surface area contributed by atoms with E-state index in [2.05, 4.69) is 4.98 Å². The van der Waals surface area contributed by atoms with Crippen LogP contribution in [-0.2, 0) is 0 Å². The SMILES string of the molecule is N#Cc1cc(F)cc2c1[nH]c1ccccc12. The number of nitriles is 1. The Morgan fingerprint density at radius 2 is 1.94 bits per heavy atom. The first kappa shape index (κ1) is 8.93. The number of aromatic amines is 1. The van der Waals surface area contributed by atoms with Gasteiger partial charge in [-0.05, 0) is 18.2 Å². The number of halogens is 1. The highest BCUT2D eigenvalue weighted by atomic mass is 19.1. The third kappa shape index (κ3) is 1.10. The molecule has 0 aliphatic carbocycles. The monoisotopic (exact) mass is 210 g/mol. The second-order valence-electron chi connectivity index (χ2n) is 3.66. The molecule has 1 N–H and O–H groups in total. The van der Waals surface area contributed by atoms with Gasteiger partial charge in [0.15, 0.2) is 0 Å². The highest BCUT2D eigenvalue weighted by Crippen LogP contribution is 2.28. The Labute approximate surface area is 90.9 Å². The summed E-state index contributed by atoms with van der Waals surface area (Å²) in [6.45, 7) is 0. The highest BCUT2D eigenvalue weighted by molar-refractivity contribution is 6.08. The molecule has 2 aromatic carbocycles. The number of nitrogens with one attached hydrogen (secondary N) is 1. The van der Waals surface area contributed by atoms with Gasteiger partial charge in [0.25, 0.3) is 0 Å². The first-order valence-electron chi connectivity index (χ1n) is 4.89. The molecule has 3 aromatic rings. The lowest BCUT2D eigenvalue weighted by Gasteiger charge is -1.94. The molecule has 76 valence electrons. The minimum absolute atomic E-state index is 0.339. The van der Waals surface area contributed by atoms with Crippen LogP contribution < -0.4 is 0 Å². The van der Waals surface area contributed by atoms with E-state index in [4.69, 9.17) is 5.26 Å². The number of hydrogen-bond acceptors (Lipinski definition) is 1. The van der Waals surface area contributed by atoms with E-state index in [0.717, 1.165) is 16.3 Å². The first-order valence-corrected chi connectivity index (χ1v) is 4.89. The summed E-state index contributed by atoms with van der Waals surface area (Å²) in [6.07, 6.45) is 0. The maximum atomic E-state index is 13.3. The summed E-state index contributed by atoms with van der Waals surface area (Å²) in [6, 6.07) is 12.3. The number of fused-ring (bicyclic) bond motifs is 3. The van der Waals surface area contributed by atoms with Crippen molar-refractivity contribution in [2.75, 3.05) is 0 Å². The number of benzene rings is 2. The van der Waals surface area contributed by atoms with Gasteiger partial charge < -0.3 is 4.98 Å². The van der Waals surface area contributed by atoms with Gasteiger partial charge in [0, 0.05) is 16.3 Å². The normalized spacial score (nSPS) is 10.8. The van der Waals surface area contributed by atoms with E-state index in [1.54, 1.807) is 0 Å². The van der Waals surface area contributed by atoms with Gasteiger partial charge in [-0.1, -0.05) is 18.2 Å². The average Bonchev–Trinajstić information content (AvgIpc) is 2.67. The zero-order valence-electron chi connectivity index (χ0n) is 8.29. The molecule has 2 nitrogen and oxygen atoms in total. The first-order chi connectivity index (χ1) is 7.79. The highest BCUT2D eigenvalue weighted by Gasteiger charge is 2.09. The molecule has 16 heavy (non-hydrogen) atoms. The van der Waals surface area contributed by atoms with Crippen molar-refractivity contribution in [2.45, 2.75) is 0 Å². The van der Waals surface area contributed by atoms with E-state index >= 15 is 0 Å². The van der Waals surface area contributed by atoms with Crippen LogP contribution in [0.1, 0.15) is 5.56 Å². The Bertz CT molecular complexity index is 735. The maximum Gasteiger partial charge on any atom is 0.125 e. The van der Waals surface area contributed by atoms with Gasteiger partial charge in [-0.25, -0.2) is 4.39 Å². The molecule has 0 aliphatic heterocycles. The van der Waals surface area contributed by atoms with Crippen molar-refractivity contribution in [2.24, 2.45) is 0 Å². The van der Waals surface area contributed by atoms with Crippen LogP contribution in [0.2, 0.25) is 0 Å². The van der Waals surface area contributed by atoms with E-state index in [0.29, 0.717) is 11.1 Å². The van der Waals surface area contributed by atoms with E-state index < -0.39 is 0 Å². The van der Waals surface area contributed by atoms with E-state index in [9.17, 15) is 4.39 Å². The fraction of sp³-hybridized carbons (Fsp3) is 0. The lowest BCUT2D eigenvalue weighted by Crippen LogP contribution is -1.81. The third-order valence-corrected chi connectivity index (χ3v) is 2.70. The van der Waals surface area contributed by atoms with Crippen LogP contribution in [0.4, 0.5) is 4.39 Å². The Kier molecular flexibility index (Phi) is 1.72.